The molecule has 2 heterocycles. The maximum atomic E-state index is 11.7. The van der Waals surface area contributed by atoms with Crippen molar-refractivity contribution in [3.8, 4) is 0 Å². The SMILES string of the molecule is Cc1ccc(C(C)(O)CNC(=O)C=CSCc2ccco2)o1. The molecule has 0 aliphatic heterocycles. The third-order valence-electron chi connectivity index (χ3n) is 3.00. The lowest BCUT2D eigenvalue weighted by Gasteiger charge is -2.20. The third-order valence-corrected chi connectivity index (χ3v) is 3.78. The van der Waals surface area contributed by atoms with Gasteiger partial charge in [0, 0.05) is 6.08 Å². The van der Waals surface area contributed by atoms with Crippen LogP contribution in [0.15, 0.2) is 50.8 Å². The van der Waals surface area contributed by atoms with E-state index in [0.29, 0.717) is 11.5 Å². The van der Waals surface area contributed by atoms with E-state index in [4.69, 9.17) is 8.83 Å². The molecular weight excluding hydrogens is 302 g/mol. The molecule has 0 spiro atoms. The number of hydrogen-bond acceptors (Lipinski definition) is 5. The van der Waals surface area contributed by atoms with E-state index in [1.807, 2.05) is 12.1 Å². The average Bonchev–Trinajstić information content (AvgIpc) is 3.13. The maximum Gasteiger partial charge on any atom is 0.244 e. The largest absolute Gasteiger partial charge is 0.468 e. The van der Waals surface area contributed by atoms with Crippen LogP contribution < -0.4 is 5.32 Å². The summed E-state index contributed by atoms with van der Waals surface area (Å²) in [6, 6.07) is 7.18. The van der Waals surface area contributed by atoms with Crippen LogP contribution in [0.4, 0.5) is 0 Å². The summed E-state index contributed by atoms with van der Waals surface area (Å²) in [6.07, 6.45) is 3.04. The highest BCUT2D eigenvalue weighted by Crippen LogP contribution is 2.21. The molecule has 2 aromatic rings. The molecule has 0 aromatic carbocycles. The van der Waals surface area contributed by atoms with Gasteiger partial charge >= 0.3 is 0 Å². The summed E-state index contributed by atoms with van der Waals surface area (Å²) in [5.74, 6) is 2.40. The Morgan fingerprint density at radius 1 is 1.45 bits per heavy atom. The van der Waals surface area contributed by atoms with Gasteiger partial charge in [0.05, 0.1) is 18.6 Å². The quantitative estimate of drug-likeness (QED) is 0.767. The molecule has 0 radical (unpaired) electrons. The van der Waals surface area contributed by atoms with Gasteiger partial charge < -0.3 is 19.3 Å². The van der Waals surface area contributed by atoms with E-state index in [-0.39, 0.29) is 12.5 Å². The Morgan fingerprint density at radius 2 is 2.27 bits per heavy atom. The Hall–Kier alpha value is -1.92. The molecule has 1 unspecified atom stereocenters. The lowest BCUT2D eigenvalue weighted by atomic mass is 10.0. The normalized spacial score (nSPS) is 14.1. The van der Waals surface area contributed by atoms with Gasteiger partial charge in [-0.3, -0.25) is 4.79 Å². The third kappa shape index (κ3) is 4.82. The lowest BCUT2D eigenvalue weighted by molar-refractivity contribution is -0.117. The summed E-state index contributed by atoms with van der Waals surface area (Å²) >= 11 is 1.46. The van der Waals surface area contributed by atoms with E-state index < -0.39 is 5.60 Å². The Morgan fingerprint density at radius 3 is 2.91 bits per heavy atom. The predicted octanol–water partition coefficient (Wildman–Crippen LogP) is 2.95. The van der Waals surface area contributed by atoms with Gasteiger partial charge in [0.2, 0.25) is 5.91 Å². The molecule has 0 fully saturated rings. The minimum Gasteiger partial charge on any atom is -0.468 e. The molecule has 1 amide bonds. The van der Waals surface area contributed by atoms with Crippen LogP contribution in [0.1, 0.15) is 24.2 Å². The summed E-state index contributed by atoms with van der Waals surface area (Å²) in [7, 11) is 0. The molecule has 0 aliphatic carbocycles. The van der Waals surface area contributed by atoms with Crippen LogP contribution in [0.3, 0.4) is 0 Å². The highest BCUT2D eigenvalue weighted by atomic mass is 32.2. The van der Waals surface area contributed by atoms with E-state index in [0.717, 1.165) is 11.5 Å². The molecule has 2 aromatic heterocycles. The maximum absolute atomic E-state index is 11.7. The molecule has 22 heavy (non-hydrogen) atoms. The van der Waals surface area contributed by atoms with Gasteiger partial charge in [0.1, 0.15) is 22.9 Å². The number of hydrogen-bond donors (Lipinski definition) is 2. The predicted molar refractivity (Wildman–Crippen MR) is 85.2 cm³/mol. The Labute approximate surface area is 133 Å². The minimum absolute atomic E-state index is 0.0754. The van der Waals surface area contributed by atoms with Crippen LogP contribution in [0, 0.1) is 6.92 Å². The molecule has 2 N–H and O–H groups in total. The molecule has 5 nitrogen and oxygen atoms in total. The standard InChI is InChI=1S/C16H19NO4S/c1-12-5-6-14(21-12)16(2,19)11-17-15(18)7-9-22-10-13-4-3-8-20-13/h3-9,19H,10-11H2,1-2H3,(H,17,18). The number of aliphatic hydroxyl groups is 1. The van der Waals surface area contributed by atoms with Crippen molar-refractivity contribution in [2.75, 3.05) is 6.54 Å². The van der Waals surface area contributed by atoms with Gasteiger partial charge in [0.25, 0.3) is 0 Å². The van der Waals surface area contributed by atoms with Crippen molar-refractivity contribution in [2.24, 2.45) is 0 Å². The average molecular weight is 321 g/mol. The number of rotatable bonds is 7. The zero-order valence-corrected chi connectivity index (χ0v) is 13.4. The monoisotopic (exact) mass is 321 g/mol. The summed E-state index contributed by atoms with van der Waals surface area (Å²) in [5.41, 5.74) is -1.24. The number of furan rings is 2. The van der Waals surface area contributed by atoms with Gasteiger partial charge in [-0.1, -0.05) is 0 Å². The van der Waals surface area contributed by atoms with Gasteiger partial charge in [-0.25, -0.2) is 0 Å². The zero-order chi connectivity index (χ0) is 16.0. The van der Waals surface area contributed by atoms with Gasteiger partial charge in [0.15, 0.2) is 0 Å². The number of thioether (sulfide) groups is 1. The lowest BCUT2D eigenvalue weighted by Crippen LogP contribution is -2.37. The first-order chi connectivity index (χ1) is 10.5. The number of nitrogens with one attached hydrogen (secondary N) is 1. The first kappa shape index (κ1) is 16.5. The van der Waals surface area contributed by atoms with Crippen LogP contribution in [0.25, 0.3) is 0 Å². The number of carbonyl (C=O) groups is 1. The minimum atomic E-state index is -1.24. The van der Waals surface area contributed by atoms with Gasteiger partial charge in [-0.2, -0.15) is 0 Å². The van der Waals surface area contributed by atoms with Crippen molar-refractivity contribution in [1.29, 1.82) is 0 Å². The van der Waals surface area contributed by atoms with Crippen LogP contribution in [0.5, 0.6) is 0 Å². The van der Waals surface area contributed by atoms with E-state index in [2.05, 4.69) is 5.32 Å². The van der Waals surface area contributed by atoms with Gasteiger partial charge in [-0.15, -0.1) is 11.8 Å². The molecule has 0 saturated heterocycles. The second-order valence-electron chi connectivity index (χ2n) is 5.10. The van der Waals surface area contributed by atoms with Gasteiger partial charge in [-0.05, 0) is 43.5 Å². The van der Waals surface area contributed by atoms with E-state index in [9.17, 15) is 9.90 Å². The number of aryl methyl sites for hydroxylation is 1. The topological polar surface area (TPSA) is 75.6 Å². The van der Waals surface area contributed by atoms with Crippen LogP contribution in [-0.2, 0) is 16.1 Å². The smallest absolute Gasteiger partial charge is 0.244 e. The van der Waals surface area contributed by atoms with Crippen LogP contribution in [-0.4, -0.2) is 17.6 Å². The Kier molecular flexibility index (Phi) is 5.51. The number of carbonyl (C=O) groups excluding carboxylic acids is 1. The molecule has 118 valence electrons. The highest BCUT2D eigenvalue weighted by Gasteiger charge is 2.27. The van der Waals surface area contributed by atoms with E-state index in [1.54, 1.807) is 37.7 Å². The van der Waals surface area contributed by atoms with Crippen molar-refractivity contribution in [1.82, 2.24) is 5.32 Å². The molecule has 6 heteroatoms. The first-order valence-corrected chi connectivity index (χ1v) is 7.90. The Bertz CT molecular complexity index is 628. The van der Waals surface area contributed by atoms with Crippen molar-refractivity contribution < 1.29 is 18.7 Å². The number of amides is 1. The van der Waals surface area contributed by atoms with Crippen LogP contribution >= 0.6 is 11.8 Å². The van der Waals surface area contributed by atoms with Crippen molar-refractivity contribution in [3.63, 3.8) is 0 Å². The van der Waals surface area contributed by atoms with Crippen molar-refractivity contribution >= 4 is 17.7 Å². The fourth-order valence-electron chi connectivity index (χ4n) is 1.76. The molecule has 1 atom stereocenters. The van der Waals surface area contributed by atoms with Crippen molar-refractivity contribution in [3.05, 3.63) is 59.3 Å². The zero-order valence-electron chi connectivity index (χ0n) is 12.5. The second kappa shape index (κ2) is 7.38. The fourth-order valence-corrected chi connectivity index (χ4v) is 2.41. The van der Waals surface area contributed by atoms with E-state index in [1.165, 1.54) is 17.8 Å². The second-order valence-corrected chi connectivity index (χ2v) is 5.99. The van der Waals surface area contributed by atoms with E-state index >= 15 is 0 Å². The summed E-state index contributed by atoms with van der Waals surface area (Å²) in [6.45, 7) is 3.48. The first-order valence-electron chi connectivity index (χ1n) is 6.85. The fraction of sp³-hybridized carbons (Fsp3) is 0.312. The van der Waals surface area contributed by atoms with Crippen LogP contribution in [0.2, 0.25) is 0 Å². The molecular formula is C16H19NO4S. The molecule has 2 rings (SSSR count). The van der Waals surface area contributed by atoms with Crippen molar-refractivity contribution in [2.45, 2.75) is 25.2 Å². The summed E-state index contributed by atoms with van der Waals surface area (Å²) < 4.78 is 10.6. The summed E-state index contributed by atoms with van der Waals surface area (Å²) in [5, 5.41) is 14.6. The highest BCUT2D eigenvalue weighted by molar-refractivity contribution is 8.01. The molecule has 0 bridgehead atoms. The molecule has 0 saturated carbocycles. The summed E-state index contributed by atoms with van der Waals surface area (Å²) in [4.78, 5) is 11.7. The molecule has 0 aliphatic rings. The Balaban J connectivity index is 1.74.